The van der Waals surface area contributed by atoms with Crippen molar-refractivity contribution >= 4 is 34.1 Å². The minimum absolute atomic E-state index is 0.0543. The van der Waals surface area contributed by atoms with Gasteiger partial charge in [-0.1, -0.05) is 12.1 Å². The molecule has 1 aliphatic heterocycles. The number of carbonyl (C=O) groups is 1. The third kappa shape index (κ3) is 2.33. The summed E-state index contributed by atoms with van der Waals surface area (Å²) in [5.41, 5.74) is 0.918. The summed E-state index contributed by atoms with van der Waals surface area (Å²) in [5.74, 6) is -0.216. The Morgan fingerprint density at radius 2 is 2.00 bits per heavy atom. The smallest absolute Gasteiger partial charge is 0.242 e. The molecule has 0 bridgehead atoms. The number of benzene rings is 1. The van der Waals surface area contributed by atoms with Crippen molar-refractivity contribution in [2.24, 2.45) is 0 Å². The average Bonchev–Trinajstić information content (AvgIpc) is 2.96. The molecule has 0 unspecified atom stereocenters. The summed E-state index contributed by atoms with van der Waals surface area (Å²) in [5, 5.41) is 0.455. The molecule has 0 N–H and O–H groups in total. The molecule has 1 amide bonds. The number of anilines is 1. The second-order valence-corrected chi connectivity index (χ2v) is 7.28. The van der Waals surface area contributed by atoms with Gasteiger partial charge in [-0.3, -0.25) is 9.69 Å². The molecule has 0 spiro atoms. The summed E-state index contributed by atoms with van der Waals surface area (Å²) in [4.78, 5) is 19.5. The standard InChI is InChI=1S/C14H13FN2OS2/c1-8-7-16-14(19-8)17-12(18)9(2)20-13(17)10-3-5-11(15)6-4-10/h3-7,9,13H,1-2H3/t9-,13-/m0/s1. The predicted molar refractivity (Wildman–Crippen MR) is 80.5 cm³/mol. The zero-order valence-electron chi connectivity index (χ0n) is 11.0. The Morgan fingerprint density at radius 3 is 2.60 bits per heavy atom. The number of hydrogen-bond acceptors (Lipinski definition) is 4. The van der Waals surface area contributed by atoms with Gasteiger partial charge < -0.3 is 0 Å². The lowest BCUT2D eigenvalue weighted by atomic mass is 10.2. The van der Waals surface area contributed by atoms with Gasteiger partial charge in [-0.15, -0.1) is 23.1 Å². The highest BCUT2D eigenvalue weighted by Gasteiger charge is 2.40. The maximum atomic E-state index is 13.1. The number of nitrogens with zero attached hydrogens (tertiary/aromatic N) is 2. The molecule has 1 aliphatic rings. The maximum absolute atomic E-state index is 13.1. The van der Waals surface area contributed by atoms with Crippen molar-refractivity contribution in [3.8, 4) is 0 Å². The molecule has 20 heavy (non-hydrogen) atoms. The molecule has 1 aromatic heterocycles. The lowest BCUT2D eigenvalue weighted by Crippen LogP contribution is -2.29. The van der Waals surface area contributed by atoms with Gasteiger partial charge in [0.2, 0.25) is 5.91 Å². The van der Waals surface area contributed by atoms with Gasteiger partial charge in [0, 0.05) is 11.1 Å². The second kappa shape index (κ2) is 5.18. The van der Waals surface area contributed by atoms with Gasteiger partial charge in [0.05, 0.1) is 5.25 Å². The number of hydrogen-bond donors (Lipinski definition) is 0. The normalized spacial score (nSPS) is 22.6. The number of thiazole rings is 1. The molecular weight excluding hydrogens is 295 g/mol. The van der Waals surface area contributed by atoms with E-state index in [1.54, 1.807) is 35.0 Å². The molecule has 3 nitrogen and oxygen atoms in total. The monoisotopic (exact) mass is 308 g/mol. The van der Waals surface area contributed by atoms with Gasteiger partial charge in [0.25, 0.3) is 0 Å². The third-order valence-corrected chi connectivity index (χ3v) is 5.39. The number of aromatic nitrogens is 1. The number of rotatable bonds is 2. The van der Waals surface area contributed by atoms with Crippen molar-refractivity contribution in [2.45, 2.75) is 24.5 Å². The first-order valence-electron chi connectivity index (χ1n) is 6.22. The summed E-state index contributed by atoms with van der Waals surface area (Å²) in [7, 11) is 0. The molecule has 2 aromatic rings. The van der Waals surface area contributed by atoms with Crippen LogP contribution in [0.25, 0.3) is 0 Å². The molecule has 2 atom stereocenters. The van der Waals surface area contributed by atoms with E-state index in [1.807, 2.05) is 13.8 Å². The summed E-state index contributed by atoms with van der Waals surface area (Å²) >= 11 is 3.06. The summed E-state index contributed by atoms with van der Waals surface area (Å²) in [6.45, 7) is 3.86. The number of aryl methyl sites for hydroxylation is 1. The van der Waals surface area contributed by atoms with Crippen LogP contribution in [0, 0.1) is 12.7 Å². The van der Waals surface area contributed by atoms with E-state index in [0.29, 0.717) is 5.13 Å². The van der Waals surface area contributed by atoms with Gasteiger partial charge in [0.15, 0.2) is 5.13 Å². The van der Waals surface area contributed by atoms with Crippen molar-refractivity contribution < 1.29 is 9.18 Å². The SMILES string of the molecule is Cc1cnc(N2C(=O)[C@H](C)S[C@H]2c2ccc(F)cc2)s1. The van der Waals surface area contributed by atoms with E-state index >= 15 is 0 Å². The number of thioether (sulfide) groups is 1. The Balaban J connectivity index is 2.00. The van der Waals surface area contributed by atoms with Crippen molar-refractivity contribution in [3.63, 3.8) is 0 Å². The van der Waals surface area contributed by atoms with Gasteiger partial charge in [-0.2, -0.15) is 0 Å². The van der Waals surface area contributed by atoms with E-state index in [4.69, 9.17) is 0 Å². The highest BCUT2D eigenvalue weighted by Crippen LogP contribution is 2.46. The van der Waals surface area contributed by atoms with Crippen molar-refractivity contribution in [3.05, 3.63) is 46.7 Å². The minimum atomic E-state index is -0.271. The van der Waals surface area contributed by atoms with Gasteiger partial charge in [0.1, 0.15) is 11.2 Å². The van der Waals surface area contributed by atoms with E-state index < -0.39 is 0 Å². The summed E-state index contributed by atoms with van der Waals surface area (Å²) < 4.78 is 13.1. The van der Waals surface area contributed by atoms with E-state index in [9.17, 15) is 9.18 Å². The third-order valence-electron chi connectivity index (χ3n) is 3.12. The highest BCUT2D eigenvalue weighted by atomic mass is 32.2. The Labute approximate surface area is 124 Å². The molecule has 2 heterocycles. The summed E-state index contributed by atoms with van der Waals surface area (Å²) in [6, 6.07) is 6.31. The van der Waals surface area contributed by atoms with E-state index in [-0.39, 0.29) is 22.3 Å². The van der Waals surface area contributed by atoms with E-state index in [1.165, 1.54) is 23.5 Å². The molecular formula is C14H13FN2OS2. The van der Waals surface area contributed by atoms with Gasteiger partial charge in [-0.25, -0.2) is 9.37 Å². The van der Waals surface area contributed by atoms with Crippen molar-refractivity contribution in [1.82, 2.24) is 4.98 Å². The van der Waals surface area contributed by atoms with Crippen LogP contribution in [0.15, 0.2) is 30.5 Å². The van der Waals surface area contributed by atoms with Gasteiger partial charge in [-0.05, 0) is 31.5 Å². The summed E-state index contributed by atoms with van der Waals surface area (Å²) in [6.07, 6.45) is 1.77. The first kappa shape index (κ1) is 13.6. The van der Waals surface area contributed by atoms with Crippen molar-refractivity contribution in [2.75, 3.05) is 4.90 Å². The molecule has 0 aliphatic carbocycles. The van der Waals surface area contributed by atoms with Crippen molar-refractivity contribution in [1.29, 1.82) is 0 Å². The number of carbonyl (C=O) groups excluding carboxylic acids is 1. The highest BCUT2D eigenvalue weighted by molar-refractivity contribution is 8.01. The fourth-order valence-corrected chi connectivity index (χ4v) is 4.24. The maximum Gasteiger partial charge on any atom is 0.242 e. The number of halogens is 1. The molecule has 0 saturated carbocycles. The van der Waals surface area contributed by atoms with Crippen LogP contribution in [0.3, 0.4) is 0 Å². The lowest BCUT2D eigenvalue weighted by Gasteiger charge is -2.21. The Morgan fingerprint density at radius 1 is 1.30 bits per heavy atom. The topological polar surface area (TPSA) is 33.2 Å². The second-order valence-electron chi connectivity index (χ2n) is 4.64. The van der Waals surface area contributed by atoms with Crippen LogP contribution in [0.1, 0.15) is 22.7 Å². The Kier molecular flexibility index (Phi) is 3.52. The van der Waals surface area contributed by atoms with Crippen LogP contribution in [0.2, 0.25) is 0 Å². The lowest BCUT2D eigenvalue weighted by molar-refractivity contribution is -0.117. The van der Waals surface area contributed by atoms with Gasteiger partial charge >= 0.3 is 0 Å². The molecule has 1 saturated heterocycles. The molecule has 0 radical (unpaired) electrons. The van der Waals surface area contributed by atoms with Crippen LogP contribution in [-0.2, 0) is 4.79 Å². The Hall–Kier alpha value is -1.40. The van der Waals surface area contributed by atoms with Crippen LogP contribution in [0.5, 0.6) is 0 Å². The average molecular weight is 308 g/mol. The van der Waals surface area contributed by atoms with E-state index in [0.717, 1.165) is 10.4 Å². The fourth-order valence-electron chi connectivity index (χ4n) is 2.13. The largest absolute Gasteiger partial charge is 0.273 e. The molecule has 104 valence electrons. The zero-order chi connectivity index (χ0) is 14.3. The van der Waals surface area contributed by atoms with Crippen LogP contribution < -0.4 is 4.90 Å². The quantitative estimate of drug-likeness (QED) is 0.847. The zero-order valence-corrected chi connectivity index (χ0v) is 12.7. The van der Waals surface area contributed by atoms with E-state index in [2.05, 4.69) is 4.98 Å². The first-order chi connectivity index (χ1) is 9.56. The minimum Gasteiger partial charge on any atom is -0.273 e. The molecule has 1 aromatic carbocycles. The van der Waals surface area contributed by atoms with Crippen LogP contribution in [0.4, 0.5) is 9.52 Å². The molecule has 6 heteroatoms. The van der Waals surface area contributed by atoms with Crippen LogP contribution in [-0.4, -0.2) is 16.1 Å². The molecule has 1 fully saturated rings. The predicted octanol–water partition coefficient (Wildman–Crippen LogP) is 3.76. The number of amides is 1. The molecule has 3 rings (SSSR count). The fraction of sp³-hybridized carbons (Fsp3) is 0.286. The Bertz CT molecular complexity index is 641. The van der Waals surface area contributed by atoms with Crippen LogP contribution >= 0.6 is 23.1 Å². The first-order valence-corrected chi connectivity index (χ1v) is 7.98.